The first-order valence-electron chi connectivity index (χ1n) is 5.48. The van der Waals surface area contributed by atoms with Gasteiger partial charge in [0.1, 0.15) is 0 Å². The van der Waals surface area contributed by atoms with Crippen molar-refractivity contribution in [1.82, 2.24) is 9.61 Å². The molecule has 3 nitrogen and oxygen atoms in total. The van der Waals surface area contributed by atoms with Crippen LogP contribution in [-0.2, 0) is 0 Å². The summed E-state index contributed by atoms with van der Waals surface area (Å²) in [5, 5.41) is 3.60. The maximum Gasteiger partial charge on any atom is 0.256 e. The van der Waals surface area contributed by atoms with Crippen LogP contribution in [0.5, 0.6) is 0 Å². The Bertz CT molecular complexity index is 719. The lowest BCUT2D eigenvalue weighted by molar-refractivity contribution is 0.108. The lowest BCUT2D eigenvalue weighted by atomic mass is 10.1. The molecule has 0 radical (unpaired) electrons. The molecule has 0 bridgehead atoms. The van der Waals surface area contributed by atoms with Gasteiger partial charge in [-0.3, -0.25) is 4.79 Å². The van der Waals surface area contributed by atoms with Crippen molar-refractivity contribution in [3.63, 3.8) is 0 Å². The van der Waals surface area contributed by atoms with Gasteiger partial charge in [-0.15, -0.1) is 0 Å². The van der Waals surface area contributed by atoms with Gasteiger partial charge in [-0.1, -0.05) is 30.3 Å². The summed E-state index contributed by atoms with van der Waals surface area (Å²) in [5.41, 5.74) is 3.27. The number of aromatic nitrogens is 2. The molecule has 18 heavy (non-hydrogen) atoms. The van der Waals surface area contributed by atoms with Crippen molar-refractivity contribution >= 4 is 22.4 Å². The molecule has 0 aliphatic heterocycles. The first-order chi connectivity index (χ1) is 8.75. The fraction of sp³-hybridized carbons (Fsp3) is 0. The van der Waals surface area contributed by atoms with E-state index in [0.29, 0.717) is 5.56 Å². The lowest BCUT2D eigenvalue weighted by Gasteiger charge is -2.02. The maximum absolute atomic E-state index is 11.3. The van der Waals surface area contributed by atoms with E-state index >= 15 is 0 Å². The number of pyridine rings is 1. The van der Waals surface area contributed by atoms with Gasteiger partial charge in [0, 0.05) is 6.20 Å². The molecule has 2 aromatic heterocycles. The van der Waals surface area contributed by atoms with E-state index in [9.17, 15) is 4.79 Å². The third-order valence-electron chi connectivity index (χ3n) is 2.84. The van der Waals surface area contributed by atoms with E-state index in [1.807, 2.05) is 48.7 Å². The SMILES string of the molecule is O=C(Cl)c1cnn2ccc(-c3ccccc3)cc12. The Balaban J connectivity index is 2.21. The van der Waals surface area contributed by atoms with E-state index < -0.39 is 5.24 Å². The van der Waals surface area contributed by atoms with Gasteiger partial charge in [-0.25, -0.2) is 4.52 Å². The summed E-state index contributed by atoms with van der Waals surface area (Å²) >= 11 is 5.53. The number of carbonyl (C=O) groups is 1. The molecule has 1 aromatic carbocycles. The number of rotatable bonds is 2. The Hall–Kier alpha value is -2.13. The predicted molar refractivity (Wildman–Crippen MR) is 70.8 cm³/mol. The van der Waals surface area contributed by atoms with Crippen LogP contribution < -0.4 is 0 Å². The Morgan fingerprint density at radius 2 is 1.89 bits per heavy atom. The molecule has 0 spiro atoms. The van der Waals surface area contributed by atoms with Crippen LogP contribution in [0.3, 0.4) is 0 Å². The largest absolute Gasteiger partial charge is 0.275 e. The molecule has 0 amide bonds. The van der Waals surface area contributed by atoms with Crippen LogP contribution in [0.15, 0.2) is 54.9 Å². The summed E-state index contributed by atoms with van der Waals surface area (Å²) in [6, 6.07) is 13.8. The first kappa shape index (κ1) is 11.0. The van der Waals surface area contributed by atoms with Crippen molar-refractivity contribution in [3.05, 3.63) is 60.4 Å². The Labute approximate surface area is 109 Å². The van der Waals surface area contributed by atoms with Gasteiger partial charge in [0.2, 0.25) is 0 Å². The van der Waals surface area contributed by atoms with Crippen molar-refractivity contribution in [1.29, 1.82) is 0 Å². The minimum Gasteiger partial charge on any atom is -0.275 e. The topological polar surface area (TPSA) is 34.4 Å². The number of hydrogen-bond acceptors (Lipinski definition) is 2. The molecular formula is C14H9ClN2O. The van der Waals surface area contributed by atoms with E-state index in [1.54, 1.807) is 4.52 Å². The third kappa shape index (κ3) is 1.79. The molecule has 0 aliphatic carbocycles. The van der Waals surface area contributed by atoms with Crippen molar-refractivity contribution in [2.24, 2.45) is 0 Å². The zero-order chi connectivity index (χ0) is 12.5. The van der Waals surface area contributed by atoms with Gasteiger partial charge >= 0.3 is 0 Å². The van der Waals surface area contributed by atoms with E-state index in [0.717, 1.165) is 16.6 Å². The molecular weight excluding hydrogens is 248 g/mol. The Morgan fingerprint density at radius 3 is 2.61 bits per heavy atom. The molecule has 0 saturated heterocycles. The molecule has 0 saturated carbocycles. The summed E-state index contributed by atoms with van der Waals surface area (Å²) < 4.78 is 1.64. The number of carbonyl (C=O) groups excluding carboxylic acids is 1. The zero-order valence-electron chi connectivity index (χ0n) is 9.38. The first-order valence-corrected chi connectivity index (χ1v) is 5.86. The van der Waals surface area contributed by atoms with Gasteiger partial charge in [-0.2, -0.15) is 5.10 Å². The van der Waals surface area contributed by atoms with Crippen molar-refractivity contribution in [2.45, 2.75) is 0 Å². The monoisotopic (exact) mass is 256 g/mol. The number of hydrogen-bond donors (Lipinski definition) is 0. The highest BCUT2D eigenvalue weighted by Gasteiger charge is 2.10. The third-order valence-corrected chi connectivity index (χ3v) is 3.04. The van der Waals surface area contributed by atoms with Crippen LogP contribution >= 0.6 is 11.6 Å². The summed E-state index contributed by atoms with van der Waals surface area (Å²) in [7, 11) is 0. The molecule has 3 aromatic rings. The smallest absolute Gasteiger partial charge is 0.256 e. The van der Waals surface area contributed by atoms with Crippen LogP contribution in [0.1, 0.15) is 10.4 Å². The van der Waals surface area contributed by atoms with Crippen molar-refractivity contribution < 1.29 is 4.79 Å². The Kier molecular flexibility index (Phi) is 2.61. The average Bonchev–Trinajstić information content (AvgIpc) is 2.82. The number of fused-ring (bicyclic) bond motifs is 1. The van der Waals surface area contributed by atoms with Gasteiger partial charge in [0.15, 0.2) is 0 Å². The minimum absolute atomic E-state index is 0.425. The van der Waals surface area contributed by atoms with Crippen LogP contribution in [-0.4, -0.2) is 14.9 Å². The standard InChI is InChI=1S/C14H9ClN2O/c15-14(18)12-9-16-17-7-6-11(8-13(12)17)10-4-2-1-3-5-10/h1-9H. The number of halogens is 1. The van der Waals surface area contributed by atoms with Crippen LogP contribution in [0, 0.1) is 0 Å². The number of benzene rings is 1. The molecule has 2 heterocycles. The second-order valence-corrected chi connectivity index (χ2v) is 4.29. The molecule has 0 unspecified atom stereocenters. The highest BCUT2D eigenvalue weighted by molar-refractivity contribution is 6.68. The van der Waals surface area contributed by atoms with E-state index in [-0.39, 0.29) is 0 Å². The second kappa shape index (κ2) is 4.27. The zero-order valence-corrected chi connectivity index (χ0v) is 10.1. The molecule has 0 atom stereocenters. The normalized spacial score (nSPS) is 10.7. The average molecular weight is 257 g/mol. The highest BCUT2D eigenvalue weighted by atomic mass is 35.5. The fourth-order valence-electron chi connectivity index (χ4n) is 1.94. The summed E-state index contributed by atoms with van der Waals surface area (Å²) in [4.78, 5) is 11.3. The molecule has 3 rings (SSSR count). The number of nitrogens with zero attached hydrogens (tertiary/aromatic N) is 2. The Morgan fingerprint density at radius 1 is 1.11 bits per heavy atom. The lowest BCUT2D eigenvalue weighted by Crippen LogP contribution is -1.90. The molecule has 88 valence electrons. The summed E-state index contributed by atoms with van der Waals surface area (Å²) in [6.07, 6.45) is 3.31. The fourth-order valence-corrected chi connectivity index (χ4v) is 2.09. The maximum atomic E-state index is 11.3. The quantitative estimate of drug-likeness (QED) is 0.659. The van der Waals surface area contributed by atoms with Gasteiger partial charge in [-0.05, 0) is 34.9 Å². The molecule has 4 heteroatoms. The molecule has 0 aliphatic rings. The van der Waals surface area contributed by atoms with E-state index in [2.05, 4.69) is 5.10 Å². The molecule has 0 N–H and O–H groups in total. The van der Waals surface area contributed by atoms with Crippen LogP contribution in [0.4, 0.5) is 0 Å². The minimum atomic E-state index is -0.491. The van der Waals surface area contributed by atoms with Crippen molar-refractivity contribution in [2.75, 3.05) is 0 Å². The van der Waals surface area contributed by atoms with Crippen LogP contribution in [0.25, 0.3) is 16.6 Å². The summed E-state index contributed by atoms with van der Waals surface area (Å²) in [5.74, 6) is 0. The van der Waals surface area contributed by atoms with Gasteiger partial charge < -0.3 is 0 Å². The van der Waals surface area contributed by atoms with Crippen LogP contribution in [0.2, 0.25) is 0 Å². The van der Waals surface area contributed by atoms with Gasteiger partial charge in [0.05, 0.1) is 17.3 Å². The predicted octanol–water partition coefficient (Wildman–Crippen LogP) is 3.38. The summed E-state index contributed by atoms with van der Waals surface area (Å²) in [6.45, 7) is 0. The highest BCUT2D eigenvalue weighted by Crippen LogP contribution is 2.22. The van der Waals surface area contributed by atoms with Crippen molar-refractivity contribution in [3.8, 4) is 11.1 Å². The van der Waals surface area contributed by atoms with Gasteiger partial charge in [0.25, 0.3) is 5.24 Å². The second-order valence-electron chi connectivity index (χ2n) is 3.94. The van der Waals surface area contributed by atoms with E-state index in [4.69, 9.17) is 11.6 Å². The molecule has 0 fully saturated rings. The van der Waals surface area contributed by atoms with E-state index in [1.165, 1.54) is 6.20 Å².